The van der Waals surface area contributed by atoms with Gasteiger partial charge in [-0.1, -0.05) is 160 Å². The number of hydrogen-bond donors (Lipinski definition) is 0. The Bertz CT molecular complexity index is 3640. The molecule has 0 aliphatic carbocycles. The standard InChI is InChI=1S/C54H38O2Si2/c1-57(2)45-30-42-46(29-41(45)50-47(57)28-40(36-24-22-32-14-6-8-16-34(32)26-36)53-52(50)38-18-10-12-20-44(38)55-53)58(3,4)48-27-39(35-23-21-31-13-5-7-15-33(31)25-35)49-37-17-9-11-19-43(37)56-54(49)51(42)48/h5-30H,1-4H3. The highest BCUT2D eigenvalue weighted by Gasteiger charge is 2.46. The molecule has 9 aromatic carbocycles. The molecule has 4 heteroatoms. The largest absolute Gasteiger partial charge is 0.455 e. The van der Waals surface area contributed by atoms with Gasteiger partial charge in [0.1, 0.15) is 38.5 Å². The van der Waals surface area contributed by atoms with Crippen LogP contribution in [-0.2, 0) is 0 Å². The van der Waals surface area contributed by atoms with E-state index in [9.17, 15) is 0 Å². The van der Waals surface area contributed by atoms with E-state index < -0.39 is 16.1 Å². The Labute approximate surface area is 338 Å². The summed E-state index contributed by atoms with van der Waals surface area (Å²) in [7, 11) is -4.47. The van der Waals surface area contributed by atoms with Gasteiger partial charge in [-0.2, -0.15) is 0 Å². The van der Waals surface area contributed by atoms with E-state index in [-0.39, 0.29) is 0 Å². The lowest BCUT2D eigenvalue weighted by atomic mass is 9.91. The molecule has 0 spiro atoms. The van der Waals surface area contributed by atoms with Gasteiger partial charge in [-0.15, -0.1) is 0 Å². The maximum absolute atomic E-state index is 7.04. The fourth-order valence-electron chi connectivity index (χ4n) is 10.8. The van der Waals surface area contributed by atoms with Gasteiger partial charge >= 0.3 is 0 Å². The van der Waals surface area contributed by atoms with Crippen LogP contribution in [0.3, 0.4) is 0 Å². The van der Waals surface area contributed by atoms with Gasteiger partial charge in [0.25, 0.3) is 0 Å². The van der Waals surface area contributed by atoms with E-state index in [1.165, 1.54) is 108 Å². The van der Waals surface area contributed by atoms with Crippen molar-refractivity contribution in [3.63, 3.8) is 0 Å². The molecule has 0 atom stereocenters. The predicted molar refractivity (Wildman–Crippen MR) is 251 cm³/mol. The second-order valence-corrected chi connectivity index (χ2v) is 26.3. The molecule has 2 aliphatic rings. The van der Waals surface area contributed by atoms with Gasteiger partial charge in [-0.25, -0.2) is 0 Å². The summed E-state index contributed by atoms with van der Waals surface area (Å²) in [5, 5.41) is 15.8. The zero-order valence-electron chi connectivity index (χ0n) is 32.8. The van der Waals surface area contributed by atoms with E-state index in [1.54, 1.807) is 0 Å². The van der Waals surface area contributed by atoms with Crippen molar-refractivity contribution < 1.29 is 8.83 Å². The lowest BCUT2D eigenvalue weighted by Crippen LogP contribution is -2.51. The van der Waals surface area contributed by atoms with Crippen molar-refractivity contribution in [2.24, 2.45) is 0 Å². The average Bonchev–Trinajstić information content (AvgIpc) is 3.95. The quantitative estimate of drug-likeness (QED) is 0.164. The number of hydrogen-bond acceptors (Lipinski definition) is 2. The van der Waals surface area contributed by atoms with Crippen molar-refractivity contribution in [2.45, 2.75) is 26.2 Å². The maximum Gasteiger partial charge on any atom is 0.143 e. The van der Waals surface area contributed by atoms with E-state index >= 15 is 0 Å². The fraction of sp³-hybridized carbons (Fsp3) is 0.0741. The van der Waals surface area contributed by atoms with Gasteiger partial charge in [0, 0.05) is 32.7 Å². The van der Waals surface area contributed by atoms with Crippen LogP contribution in [-0.4, -0.2) is 16.1 Å². The summed E-state index contributed by atoms with van der Waals surface area (Å²) in [5.41, 5.74) is 14.2. The summed E-state index contributed by atoms with van der Waals surface area (Å²) in [6.07, 6.45) is 0. The molecule has 0 N–H and O–H groups in total. The highest BCUT2D eigenvalue weighted by Crippen LogP contribution is 2.48. The molecule has 58 heavy (non-hydrogen) atoms. The van der Waals surface area contributed by atoms with Crippen LogP contribution in [0.15, 0.2) is 167 Å². The Morgan fingerprint density at radius 2 is 0.793 bits per heavy atom. The van der Waals surface area contributed by atoms with Crippen LogP contribution in [0.1, 0.15) is 0 Å². The first-order valence-electron chi connectivity index (χ1n) is 20.4. The number of benzene rings is 9. The van der Waals surface area contributed by atoms with Gasteiger partial charge < -0.3 is 8.83 Å². The van der Waals surface area contributed by atoms with E-state index in [1.807, 2.05) is 0 Å². The van der Waals surface area contributed by atoms with Crippen LogP contribution >= 0.6 is 0 Å². The highest BCUT2D eigenvalue weighted by molar-refractivity contribution is 7.06. The Morgan fingerprint density at radius 1 is 0.345 bits per heavy atom. The first-order chi connectivity index (χ1) is 28.3. The van der Waals surface area contributed by atoms with E-state index in [0.717, 1.165) is 22.3 Å². The minimum absolute atomic E-state index is 0.942. The second-order valence-electron chi connectivity index (χ2n) is 17.6. The van der Waals surface area contributed by atoms with Gasteiger partial charge in [0.2, 0.25) is 0 Å². The van der Waals surface area contributed by atoms with Crippen LogP contribution in [0.4, 0.5) is 0 Å². The molecule has 13 rings (SSSR count). The molecule has 4 heterocycles. The van der Waals surface area contributed by atoms with Gasteiger partial charge in [0.05, 0.1) is 0 Å². The minimum Gasteiger partial charge on any atom is -0.455 e. The summed E-state index contributed by atoms with van der Waals surface area (Å²) in [6.45, 7) is 10.2. The maximum atomic E-state index is 7.04. The molecule has 0 bridgehead atoms. The Kier molecular flexibility index (Phi) is 6.26. The molecular formula is C54H38O2Si2. The molecule has 2 aliphatic heterocycles. The van der Waals surface area contributed by atoms with Crippen molar-refractivity contribution in [1.29, 1.82) is 0 Å². The summed E-state index contributed by atoms with van der Waals surface area (Å²) >= 11 is 0. The molecule has 0 amide bonds. The zero-order chi connectivity index (χ0) is 38.7. The number of furan rings is 2. The van der Waals surface area contributed by atoms with Gasteiger partial charge in [-0.3, -0.25) is 0 Å². The normalized spacial score (nSPS) is 14.8. The third kappa shape index (κ3) is 4.16. The third-order valence-electron chi connectivity index (χ3n) is 13.8. The molecule has 11 aromatic rings. The van der Waals surface area contributed by atoms with Crippen LogP contribution < -0.4 is 20.7 Å². The topological polar surface area (TPSA) is 26.3 Å². The second kappa shape index (κ2) is 11.1. The lowest BCUT2D eigenvalue weighted by Gasteiger charge is -2.22. The van der Waals surface area contributed by atoms with E-state index in [4.69, 9.17) is 8.83 Å². The van der Waals surface area contributed by atoms with Crippen LogP contribution in [0.2, 0.25) is 26.2 Å². The minimum atomic E-state index is -2.24. The molecule has 0 radical (unpaired) electrons. The fourth-order valence-corrected chi connectivity index (χ4v) is 16.9. The monoisotopic (exact) mass is 774 g/mol. The molecule has 2 nitrogen and oxygen atoms in total. The third-order valence-corrected chi connectivity index (χ3v) is 20.8. The van der Waals surface area contributed by atoms with Crippen molar-refractivity contribution >= 4 is 102 Å². The Morgan fingerprint density at radius 3 is 1.41 bits per heavy atom. The first kappa shape index (κ1) is 32.6. The van der Waals surface area contributed by atoms with Crippen molar-refractivity contribution in [2.75, 3.05) is 0 Å². The van der Waals surface area contributed by atoms with Crippen molar-refractivity contribution in [1.82, 2.24) is 0 Å². The summed E-state index contributed by atoms with van der Waals surface area (Å²) in [6, 6.07) is 58.7. The molecule has 2 aromatic heterocycles. The first-order valence-corrected chi connectivity index (χ1v) is 26.4. The highest BCUT2D eigenvalue weighted by atomic mass is 28.3. The molecule has 0 fully saturated rings. The van der Waals surface area contributed by atoms with Crippen LogP contribution in [0.5, 0.6) is 0 Å². The molecule has 274 valence electrons. The molecule has 0 saturated carbocycles. The van der Waals surface area contributed by atoms with Gasteiger partial charge in [0.15, 0.2) is 0 Å². The van der Waals surface area contributed by atoms with Crippen LogP contribution in [0.25, 0.3) is 110 Å². The summed E-state index contributed by atoms with van der Waals surface area (Å²) in [4.78, 5) is 0. The molecule has 0 saturated heterocycles. The molecular weight excluding hydrogens is 737 g/mol. The summed E-state index contributed by atoms with van der Waals surface area (Å²) < 4.78 is 14.0. The van der Waals surface area contributed by atoms with Crippen LogP contribution in [0, 0.1) is 0 Å². The predicted octanol–water partition coefficient (Wildman–Crippen LogP) is 12.7. The van der Waals surface area contributed by atoms with Crippen molar-refractivity contribution in [3.8, 4) is 44.5 Å². The van der Waals surface area contributed by atoms with Gasteiger partial charge in [-0.05, 0) is 99.9 Å². The van der Waals surface area contributed by atoms with E-state index in [2.05, 4.69) is 184 Å². The Hall–Kier alpha value is -6.47. The average molecular weight is 775 g/mol. The lowest BCUT2D eigenvalue weighted by molar-refractivity contribution is 0.670. The van der Waals surface area contributed by atoms with E-state index in [0.29, 0.717) is 0 Å². The number of rotatable bonds is 2. The van der Waals surface area contributed by atoms with Crippen molar-refractivity contribution in [3.05, 3.63) is 158 Å². The number of fused-ring (bicyclic) bond motifs is 16. The Balaban J connectivity index is 1.09. The molecule has 0 unspecified atom stereocenters. The SMILES string of the molecule is C[Si]1(C)c2cc3c(cc2-c2c1cc(-c1ccc4ccccc4c1)c1c2oc2ccccc21)[Si](C)(C)c1cc(-c2ccc4ccccc4c2)c2oc4ccccc4c2c1-3. The summed E-state index contributed by atoms with van der Waals surface area (Å²) in [5.74, 6) is 0. The smallest absolute Gasteiger partial charge is 0.143 e. The zero-order valence-corrected chi connectivity index (χ0v) is 34.8. The number of para-hydroxylation sites is 2.